The van der Waals surface area contributed by atoms with Crippen LogP contribution in [-0.2, 0) is 0 Å². The maximum atomic E-state index is 9.59. The molecule has 1 aromatic rings. The Hall–Kier alpha value is -1.02. The van der Waals surface area contributed by atoms with Gasteiger partial charge in [0.15, 0.2) is 0 Å². The molecular formula is C12H16O2. The number of fused-ring (bicyclic) bond motifs is 1. The van der Waals surface area contributed by atoms with Gasteiger partial charge in [-0.05, 0) is 18.9 Å². The van der Waals surface area contributed by atoms with Crippen LogP contribution < -0.4 is 4.74 Å². The Balaban J connectivity index is 2.10. The van der Waals surface area contributed by atoms with Gasteiger partial charge in [-0.3, -0.25) is 0 Å². The number of hydrogen-bond donors (Lipinski definition) is 1. The van der Waals surface area contributed by atoms with E-state index >= 15 is 0 Å². The summed E-state index contributed by atoms with van der Waals surface area (Å²) in [6.45, 7) is 2.72. The molecule has 0 radical (unpaired) electrons. The van der Waals surface area contributed by atoms with Gasteiger partial charge in [-0.2, -0.15) is 0 Å². The van der Waals surface area contributed by atoms with E-state index in [1.54, 1.807) is 0 Å². The van der Waals surface area contributed by atoms with Crippen molar-refractivity contribution in [2.24, 2.45) is 0 Å². The zero-order chi connectivity index (χ0) is 9.97. The van der Waals surface area contributed by atoms with Crippen molar-refractivity contribution in [2.45, 2.75) is 31.8 Å². The highest BCUT2D eigenvalue weighted by Gasteiger charge is 2.25. The Labute approximate surface area is 84.5 Å². The van der Waals surface area contributed by atoms with Crippen LogP contribution in [0.15, 0.2) is 24.3 Å². The first-order valence-electron chi connectivity index (χ1n) is 5.21. The Morgan fingerprint density at radius 3 is 3.07 bits per heavy atom. The van der Waals surface area contributed by atoms with E-state index in [-0.39, 0.29) is 6.10 Å². The third-order valence-electron chi connectivity index (χ3n) is 2.83. The number of para-hydroxylation sites is 1. The first kappa shape index (κ1) is 9.53. The average Bonchev–Trinajstić information content (AvgIpc) is 2.62. The third-order valence-corrected chi connectivity index (χ3v) is 2.83. The first-order chi connectivity index (χ1) is 6.81. The van der Waals surface area contributed by atoms with Gasteiger partial charge < -0.3 is 9.84 Å². The second-order valence-electron chi connectivity index (χ2n) is 3.84. The van der Waals surface area contributed by atoms with Gasteiger partial charge in [-0.25, -0.2) is 0 Å². The second-order valence-corrected chi connectivity index (χ2v) is 3.84. The van der Waals surface area contributed by atoms with E-state index in [0.717, 1.165) is 25.2 Å². The van der Waals surface area contributed by atoms with Crippen LogP contribution in [0, 0.1) is 0 Å². The quantitative estimate of drug-likeness (QED) is 0.796. The highest BCUT2D eigenvalue weighted by Crippen LogP contribution is 2.36. The van der Waals surface area contributed by atoms with Crippen LogP contribution in [0.2, 0.25) is 0 Å². The molecule has 1 heterocycles. The molecule has 1 aliphatic heterocycles. The molecule has 0 saturated heterocycles. The lowest BCUT2D eigenvalue weighted by Gasteiger charge is -2.12. The number of hydrogen-bond acceptors (Lipinski definition) is 2. The van der Waals surface area contributed by atoms with Gasteiger partial charge in [0, 0.05) is 11.5 Å². The SMILES string of the molecule is CCC(O)CC1COc2ccccc21. The molecule has 2 heteroatoms. The second kappa shape index (κ2) is 4.01. The van der Waals surface area contributed by atoms with Crippen molar-refractivity contribution in [1.29, 1.82) is 0 Å². The Bertz CT molecular complexity index is 309. The summed E-state index contributed by atoms with van der Waals surface area (Å²) in [7, 11) is 0. The van der Waals surface area contributed by atoms with Crippen LogP contribution in [0.3, 0.4) is 0 Å². The zero-order valence-corrected chi connectivity index (χ0v) is 8.44. The molecule has 0 spiro atoms. The summed E-state index contributed by atoms with van der Waals surface area (Å²) in [5, 5.41) is 9.59. The smallest absolute Gasteiger partial charge is 0.122 e. The number of aliphatic hydroxyl groups excluding tert-OH is 1. The number of aliphatic hydroxyl groups is 1. The number of rotatable bonds is 3. The lowest BCUT2D eigenvalue weighted by molar-refractivity contribution is 0.145. The maximum Gasteiger partial charge on any atom is 0.122 e. The molecule has 0 aromatic heterocycles. The van der Waals surface area contributed by atoms with Gasteiger partial charge >= 0.3 is 0 Å². The zero-order valence-electron chi connectivity index (χ0n) is 8.44. The largest absolute Gasteiger partial charge is 0.493 e. The van der Waals surface area contributed by atoms with Gasteiger partial charge in [-0.1, -0.05) is 25.1 Å². The topological polar surface area (TPSA) is 29.5 Å². The normalized spacial score (nSPS) is 21.4. The molecular weight excluding hydrogens is 176 g/mol. The highest BCUT2D eigenvalue weighted by atomic mass is 16.5. The van der Waals surface area contributed by atoms with Crippen LogP contribution in [0.1, 0.15) is 31.2 Å². The average molecular weight is 192 g/mol. The summed E-state index contributed by atoms with van der Waals surface area (Å²) in [4.78, 5) is 0. The summed E-state index contributed by atoms with van der Waals surface area (Å²) in [5.74, 6) is 1.36. The van der Waals surface area contributed by atoms with Crippen molar-refractivity contribution < 1.29 is 9.84 Å². The molecule has 0 amide bonds. The van der Waals surface area contributed by atoms with Gasteiger partial charge in [-0.15, -0.1) is 0 Å². The first-order valence-corrected chi connectivity index (χ1v) is 5.21. The van der Waals surface area contributed by atoms with Crippen LogP contribution in [0.25, 0.3) is 0 Å². The van der Waals surface area contributed by atoms with E-state index in [0.29, 0.717) is 5.92 Å². The molecule has 0 bridgehead atoms. The van der Waals surface area contributed by atoms with Crippen molar-refractivity contribution in [3.05, 3.63) is 29.8 Å². The molecule has 1 aliphatic rings. The summed E-state index contributed by atoms with van der Waals surface area (Å²) in [5.41, 5.74) is 1.25. The van der Waals surface area contributed by atoms with Crippen molar-refractivity contribution in [1.82, 2.24) is 0 Å². The summed E-state index contributed by atoms with van der Waals surface area (Å²) in [6, 6.07) is 8.10. The maximum absolute atomic E-state index is 9.59. The van der Waals surface area contributed by atoms with Crippen LogP contribution in [0.4, 0.5) is 0 Å². The van der Waals surface area contributed by atoms with Gasteiger partial charge in [0.25, 0.3) is 0 Å². The van der Waals surface area contributed by atoms with E-state index in [9.17, 15) is 5.11 Å². The lowest BCUT2D eigenvalue weighted by atomic mass is 9.94. The molecule has 0 fully saturated rings. The van der Waals surface area contributed by atoms with E-state index in [1.807, 2.05) is 25.1 Å². The Morgan fingerprint density at radius 2 is 2.29 bits per heavy atom. The van der Waals surface area contributed by atoms with Gasteiger partial charge in [0.05, 0.1) is 12.7 Å². The minimum atomic E-state index is -0.199. The van der Waals surface area contributed by atoms with Gasteiger partial charge in [0.1, 0.15) is 5.75 Å². The molecule has 14 heavy (non-hydrogen) atoms. The van der Waals surface area contributed by atoms with E-state index in [1.165, 1.54) is 5.56 Å². The van der Waals surface area contributed by atoms with Crippen molar-refractivity contribution in [2.75, 3.05) is 6.61 Å². The van der Waals surface area contributed by atoms with Gasteiger partial charge in [0.2, 0.25) is 0 Å². The lowest BCUT2D eigenvalue weighted by Crippen LogP contribution is -2.12. The Morgan fingerprint density at radius 1 is 1.50 bits per heavy atom. The van der Waals surface area contributed by atoms with E-state index in [2.05, 4.69) is 6.07 Å². The van der Waals surface area contributed by atoms with Crippen LogP contribution in [-0.4, -0.2) is 17.8 Å². The van der Waals surface area contributed by atoms with E-state index in [4.69, 9.17) is 4.74 Å². The number of ether oxygens (including phenoxy) is 1. The number of benzene rings is 1. The fourth-order valence-corrected chi connectivity index (χ4v) is 1.92. The molecule has 76 valence electrons. The van der Waals surface area contributed by atoms with Crippen molar-refractivity contribution in [3.8, 4) is 5.75 Å². The molecule has 1 N–H and O–H groups in total. The minimum Gasteiger partial charge on any atom is -0.493 e. The fraction of sp³-hybridized carbons (Fsp3) is 0.500. The standard InChI is InChI=1S/C12H16O2/c1-2-10(13)7-9-8-14-12-6-4-3-5-11(9)12/h3-6,9-10,13H,2,7-8H2,1H3. The third kappa shape index (κ3) is 1.75. The molecule has 0 saturated carbocycles. The molecule has 2 atom stereocenters. The highest BCUT2D eigenvalue weighted by molar-refractivity contribution is 5.39. The molecule has 2 rings (SSSR count). The monoisotopic (exact) mass is 192 g/mol. The molecule has 1 aromatic carbocycles. The van der Waals surface area contributed by atoms with E-state index < -0.39 is 0 Å². The predicted molar refractivity (Wildman–Crippen MR) is 55.6 cm³/mol. The molecule has 0 aliphatic carbocycles. The summed E-state index contributed by atoms with van der Waals surface area (Å²) in [6.07, 6.45) is 1.43. The van der Waals surface area contributed by atoms with Crippen LogP contribution in [0.5, 0.6) is 5.75 Å². The minimum absolute atomic E-state index is 0.199. The van der Waals surface area contributed by atoms with Crippen molar-refractivity contribution in [3.63, 3.8) is 0 Å². The summed E-state index contributed by atoms with van der Waals surface area (Å²) < 4.78 is 5.55. The van der Waals surface area contributed by atoms with Crippen LogP contribution >= 0.6 is 0 Å². The molecule has 2 unspecified atom stereocenters. The summed E-state index contributed by atoms with van der Waals surface area (Å²) >= 11 is 0. The van der Waals surface area contributed by atoms with Crippen molar-refractivity contribution >= 4 is 0 Å². The molecule has 2 nitrogen and oxygen atoms in total. The predicted octanol–water partition coefficient (Wildman–Crippen LogP) is 2.32. The fourth-order valence-electron chi connectivity index (χ4n) is 1.92. The Kier molecular flexibility index (Phi) is 2.73.